The van der Waals surface area contributed by atoms with Crippen LogP contribution in [0.5, 0.6) is 0 Å². The standard InChI is InChI=1S/C28H22N4/c1-5-10-24(28-11-8-9-12-32-28)13-20(4)22(6-2)16-23(7-3)26-15-21(17-29)14-25(18-30)27(26)19-31/h5-16H,1-2H2,3-4H3/b20-13+,22-16+,23-7+,24-10+. The lowest BCUT2D eigenvalue weighted by molar-refractivity contribution is 1.28. The van der Waals surface area contributed by atoms with Crippen molar-refractivity contribution in [2.24, 2.45) is 0 Å². The van der Waals surface area contributed by atoms with Gasteiger partial charge in [-0.2, -0.15) is 15.8 Å². The Morgan fingerprint density at radius 1 is 1.00 bits per heavy atom. The van der Waals surface area contributed by atoms with Crippen molar-refractivity contribution >= 4 is 11.1 Å². The summed E-state index contributed by atoms with van der Waals surface area (Å²) in [5.41, 5.74) is 5.44. The van der Waals surface area contributed by atoms with E-state index in [1.165, 1.54) is 6.07 Å². The second-order valence-electron chi connectivity index (χ2n) is 6.73. The average molecular weight is 415 g/mol. The fraction of sp³-hybridized carbons (Fsp3) is 0.0714. The third-order valence-electron chi connectivity index (χ3n) is 4.74. The van der Waals surface area contributed by atoms with Gasteiger partial charge in [-0.1, -0.05) is 43.5 Å². The van der Waals surface area contributed by atoms with Crippen LogP contribution in [0.1, 0.15) is 41.8 Å². The zero-order chi connectivity index (χ0) is 23.5. The van der Waals surface area contributed by atoms with Crippen molar-refractivity contribution in [2.75, 3.05) is 0 Å². The summed E-state index contributed by atoms with van der Waals surface area (Å²) >= 11 is 0. The molecule has 1 aromatic carbocycles. The van der Waals surface area contributed by atoms with Crippen LogP contribution in [0.4, 0.5) is 0 Å². The molecule has 0 aliphatic heterocycles. The summed E-state index contributed by atoms with van der Waals surface area (Å²) in [5, 5.41) is 28.4. The monoisotopic (exact) mass is 414 g/mol. The van der Waals surface area contributed by atoms with E-state index in [9.17, 15) is 15.8 Å². The first-order valence-corrected chi connectivity index (χ1v) is 9.84. The molecule has 0 N–H and O–H groups in total. The normalized spacial score (nSPS) is 12.3. The number of nitrogens with zero attached hydrogens (tertiary/aromatic N) is 4. The summed E-state index contributed by atoms with van der Waals surface area (Å²) in [5.74, 6) is 0. The van der Waals surface area contributed by atoms with E-state index in [2.05, 4.69) is 30.3 Å². The van der Waals surface area contributed by atoms with Gasteiger partial charge in [0.05, 0.1) is 28.5 Å². The van der Waals surface area contributed by atoms with E-state index in [1.807, 2.05) is 62.4 Å². The Hall–Kier alpha value is -4.72. The van der Waals surface area contributed by atoms with Crippen LogP contribution in [0.25, 0.3) is 11.1 Å². The Morgan fingerprint density at radius 2 is 1.78 bits per heavy atom. The van der Waals surface area contributed by atoms with Gasteiger partial charge in [0, 0.05) is 17.3 Å². The molecule has 0 atom stereocenters. The van der Waals surface area contributed by atoms with Crippen LogP contribution in [0.15, 0.2) is 97.3 Å². The molecule has 0 bridgehead atoms. The largest absolute Gasteiger partial charge is 0.256 e. The minimum absolute atomic E-state index is 0.174. The molecule has 1 heterocycles. The number of aromatic nitrogens is 1. The SMILES string of the molecule is C=C\C=C(/C=C(C)/C(C=C)=C/C(=C\C)c1cc(C#N)cc(C#N)c1C#N)c1ccccn1. The molecule has 0 aliphatic carbocycles. The molecule has 0 amide bonds. The number of nitriles is 3. The van der Waals surface area contributed by atoms with Crippen molar-refractivity contribution in [1.29, 1.82) is 15.8 Å². The zero-order valence-corrected chi connectivity index (χ0v) is 18.1. The molecule has 0 spiro atoms. The van der Waals surface area contributed by atoms with Crippen molar-refractivity contribution < 1.29 is 0 Å². The van der Waals surface area contributed by atoms with Crippen LogP contribution in [0.3, 0.4) is 0 Å². The van der Waals surface area contributed by atoms with Crippen LogP contribution in [0.2, 0.25) is 0 Å². The molecule has 154 valence electrons. The van der Waals surface area contributed by atoms with E-state index in [-0.39, 0.29) is 11.1 Å². The van der Waals surface area contributed by atoms with Gasteiger partial charge in [0.15, 0.2) is 0 Å². The van der Waals surface area contributed by atoms with Gasteiger partial charge >= 0.3 is 0 Å². The fourth-order valence-corrected chi connectivity index (χ4v) is 3.15. The van der Waals surface area contributed by atoms with Gasteiger partial charge in [0.2, 0.25) is 0 Å². The van der Waals surface area contributed by atoms with E-state index in [1.54, 1.807) is 24.4 Å². The molecule has 0 saturated carbocycles. The van der Waals surface area contributed by atoms with Gasteiger partial charge in [0.1, 0.15) is 12.1 Å². The summed E-state index contributed by atoms with van der Waals surface area (Å²) in [6.45, 7) is 11.5. The topological polar surface area (TPSA) is 84.3 Å². The molecular formula is C28H22N4. The smallest absolute Gasteiger partial charge is 0.101 e. The highest BCUT2D eigenvalue weighted by atomic mass is 14.7. The maximum atomic E-state index is 9.66. The summed E-state index contributed by atoms with van der Waals surface area (Å²) in [6.07, 6.45) is 12.8. The lowest BCUT2D eigenvalue weighted by Crippen LogP contribution is -1.96. The zero-order valence-electron chi connectivity index (χ0n) is 18.1. The van der Waals surface area contributed by atoms with Gasteiger partial charge < -0.3 is 0 Å². The number of benzene rings is 1. The highest BCUT2D eigenvalue weighted by Gasteiger charge is 2.14. The average Bonchev–Trinajstić information content (AvgIpc) is 2.84. The molecule has 0 unspecified atom stereocenters. The maximum Gasteiger partial charge on any atom is 0.101 e. The molecule has 0 saturated heterocycles. The molecular weight excluding hydrogens is 392 g/mol. The molecule has 4 heteroatoms. The second kappa shape index (κ2) is 11.5. The van der Waals surface area contributed by atoms with Crippen LogP contribution >= 0.6 is 0 Å². The van der Waals surface area contributed by atoms with Gasteiger partial charge in [-0.25, -0.2) is 0 Å². The lowest BCUT2D eigenvalue weighted by atomic mass is 9.91. The minimum atomic E-state index is 0.174. The van der Waals surface area contributed by atoms with Gasteiger partial charge in [0.25, 0.3) is 0 Å². The van der Waals surface area contributed by atoms with Crippen LogP contribution in [-0.2, 0) is 0 Å². The van der Waals surface area contributed by atoms with Gasteiger partial charge in [-0.15, -0.1) is 0 Å². The molecule has 2 aromatic rings. The van der Waals surface area contributed by atoms with Crippen molar-refractivity contribution in [3.63, 3.8) is 0 Å². The highest BCUT2D eigenvalue weighted by molar-refractivity contribution is 5.82. The number of hydrogen-bond acceptors (Lipinski definition) is 4. The first-order valence-electron chi connectivity index (χ1n) is 9.84. The highest BCUT2D eigenvalue weighted by Crippen LogP contribution is 2.28. The van der Waals surface area contributed by atoms with E-state index in [0.29, 0.717) is 16.7 Å². The van der Waals surface area contributed by atoms with Gasteiger partial charge in [-0.05, 0) is 67.0 Å². The Morgan fingerprint density at radius 3 is 2.31 bits per heavy atom. The van der Waals surface area contributed by atoms with Crippen molar-refractivity contribution in [3.8, 4) is 18.2 Å². The summed E-state index contributed by atoms with van der Waals surface area (Å²) in [6, 6.07) is 14.9. The Kier molecular flexibility index (Phi) is 8.44. The first kappa shape index (κ1) is 23.6. The summed E-state index contributed by atoms with van der Waals surface area (Å²) in [7, 11) is 0. The van der Waals surface area contributed by atoms with Crippen LogP contribution in [-0.4, -0.2) is 4.98 Å². The predicted molar refractivity (Wildman–Crippen MR) is 129 cm³/mol. The van der Waals surface area contributed by atoms with E-state index in [4.69, 9.17) is 0 Å². The summed E-state index contributed by atoms with van der Waals surface area (Å²) < 4.78 is 0. The Bertz CT molecular complexity index is 1280. The van der Waals surface area contributed by atoms with Gasteiger partial charge in [-0.3, -0.25) is 4.98 Å². The van der Waals surface area contributed by atoms with E-state index < -0.39 is 0 Å². The third kappa shape index (κ3) is 5.45. The van der Waals surface area contributed by atoms with Crippen molar-refractivity contribution in [2.45, 2.75) is 13.8 Å². The second-order valence-corrected chi connectivity index (χ2v) is 6.73. The predicted octanol–water partition coefficient (Wildman–Crippen LogP) is 6.43. The molecule has 0 aliphatic rings. The number of hydrogen-bond donors (Lipinski definition) is 0. The minimum Gasteiger partial charge on any atom is -0.256 e. The molecule has 0 radical (unpaired) electrons. The Balaban J connectivity index is 2.63. The number of rotatable bonds is 7. The van der Waals surface area contributed by atoms with E-state index in [0.717, 1.165) is 22.4 Å². The number of pyridine rings is 1. The number of allylic oxidation sites excluding steroid dienone is 10. The Labute approximate surface area is 189 Å². The molecule has 2 rings (SSSR count). The fourth-order valence-electron chi connectivity index (χ4n) is 3.15. The maximum absolute atomic E-state index is 9.66. The molecule has 1 aromatic heterocycles. The summed E-state index contributed by atoms with van der Waals surface area (Å²) in [4.78, 5) is 4.41. The van der Waals surface area contributed by atoms with E-state index >= 15 is 0 Å². The lowest BCUT2D eigenvalue weighted by Gasteiger charge is -2.11. The third-order valence-corrected chi connectivity index (χ3v) is 4.74. The first-order chi connectivity index (χ1) is 15.5. The molecule has 4 nitrogen and oxygen atoms in total. The van der Waals surface area contributed by atoms with Crippen LogP contribution < -0.4 is 0 Å². The van der Waals surface area contributed by atoms with Crippen molar-refractivity contribution in [1.82, 2.24) is 4.98 Å². The molecule has 32 heavy (non-hydrogen) atoms. The van der Waals surface area contributed by atoms with Crippen molar-refractivity contribution in [3.05, 3.63) is 125 Å². The van der Waals surface area contributed by atoms with Crippen LogP contribution in [0, 0.1) is 34.0 Å². The molecule has 0 fully saturated rings. The quantitative estimate of drug-likeness (QED) is 0.489.